The molecule has 0 aromatic carbocycles. The number of aliphatic hydroxyl groups excluding tert-OH is 1. The second-order valence-electron chi connectivity index (χ2n) is 1.09. The number of carboxylic acid groups (broad SMARTS) is 1. The first-order valence-corrected chi connectivity index (χ1v) is 3.23. The molecule has 0 aliphatic carbocycles. The van der Waals surface area contributed by atoms with Crippen LogP contribution in [0, 0.1) is 0 Å². The Morgan fingerprint density at radius 1 is 1.75 bits per heavy atom. The highest BCUT2D eigenvalue weighted by Gasteiger charge is 1.72. The van der Waals surface area contributed by atoms with Gasteiger partial charge in [0.15, 0.2) is 0 Å². The summed E-state index contributed by atoms with van der Waals surface area (Å²) in [6.07, 6.45) is 0. The number of hydrogen-bond acceptors (Lipinski definition) is 2. The number of aliphatic hydroxyl groups is 1. The molecule has 0 spiro atoms. The van der Waals surface area contributed by atoms with Crippen molar-refractivity contribution in [1.82, 2.24) is 0 Å². The van der Waals surface area contributed by atoms with Crippen LogP contribution < -0.4 is 0 Å². The van der Waals surface area contributed by atoms with E-state index in [1.165, 1.54) is 0 Å². The van der Waals surface area contributed by atoms with Gasteiger partial charge in [-0.3, -0.25) is 4.79 Å². The van der Waals surface area contributed by atoms with Crippen molar-refractivity contribution in [2.75, 3.05) is 0 Å². The summed E-state index contributed by atoms with van der Waals surface area (Å²) in [6, 6.07) is 0. The van der Waals surface area contributed by atoms with Crippen LogP contribution in [-0.4, -0.2) is 20.3 Å². The van der Waals surface area contributed by atoms with Crippen LogP contribution in [0.2, 0.25) is 0 Å². The van der Waals surface area contributed by atoms with E-state index in [1.807, 2.05) is 22.6 Å². The number of hydrogen-bond donors (Lipinski definition) is 2. The lowest BCUT2D eigenvalue weighted by Crippen LogP contribution is -1.78. The van der Waals surface area contributed by atoms with Gasteiger partial charge in [0, 0.05) is 6.92 Å². The van der Waals surface area contributed by atoms with E-state index in [0.717, 1.165) is 6.92 Å². The van der Waals surface area contributed by atoms with Crippen molar-refractivity contribution in [2.24, 2.45) is 0 Å². The van der Waals surface area contributed by atoms with Gasteiger partial charge in [-0.05, 0) is 6.92 Å². The molecule has 0 rings (SSSR count). The lowest BCUT2D eigenvalue weighted by molar-refractivity contribution is -0.134. The van der Waals surface area contributed by atoms with Crippen molar-refractivity contribution in [3.05, 3.63) is 0 Å². The highest BCUT2D eigenvalue weighted by atomic mass is 127. The molecular weight excluding hydrogens is 223 g/mol. The van der Waals surface area contributed by atoms with Gasteiger partial charge in [-0.2, -0.15) is 0 Å². The molecule has 0 aliphatic heterocycles. The molecule has 0 amide bonds. The average molecular weight is 232 g/mol. The third-order valence-electron chi connectivity index (χ3n) is 0. The van der Waals surface area contributed by atoms with Crippen molar-refractivity contribution < 1.29 is 15.0 Å². The Labute approximate surface area is 61.9 Å². The quantitative estimate of drug-likeness (QED) is 0.480. The minimum Gasteiger partial charge on any atom is -0.481 e. The summed E-state index contributed by atoms with van der Waals surface area (Å²) in [7, 11) is 0. The maximum atomic E-state index is 9.00. The first kappa shape index (κ1) is 11.0. The van der Waals surface area contributed by atoms with Gasteiger partial charge >= 0.3 is 0 Å². The molecule has 4 heteroatoms. The summed E-state index contributed by atoms with van der Waals surface area (Å²) in [5.41, 5.74) is 0. The summed E-state index contributed by atoms with van der Waals surface area (Å²) < 4.78 is -0.197. The van der Waals surface area contributed by atoms with Crippen LogP contribution >= 0.6 is 22.6 Å². The van der Waals surface area contributed by atoms with Crippen LogP contribution in [0.25, 0.3) is 0 Å². The smallest absolute Gasteiger partial charge is 0.300 e. The molecule has 0 aliphatic rings. The summed E-state index contributed by atoms with van der Waals surface area (Å²) in [4.78, 5) is 9.00. The van der Waals surface area contributed by atoms with Crippen LogP contribution in [0.15, 0.2) is 0 Å². The van der Waals surface area contributed by atoms with Crippen LogP contribution in [-0.2, 0) is 4.79 Å². The third-order valence-corrected chi connectivity index (χ3v) is 0. The monoisotopic (exact) mass is 232 g/mol. The predicted molar refractivity (Wildman–Crippen MR) is 39.0 cm³/mol. The van der Waals surface area contributed by atoms with Gasteiger partial charge in [0.2, 0.25) is 0 Å². The minimum atomic E-state index is -0.833. The highest BCUT2D eigenvalue weighted by Crippen LogP contribution is 1.86. The number of halogens is 1. The number of carbonyl (C=O) groups is 1. The molecule has 0 saturated heterocycles. The molecule has 8 heavy (non-hydrogen) atoms. The molecule has 0 saturated carbocycles. The Hall–Kier alpha value is 0.160. The van der Waals surface area contributed by atoms with Crippen molar-refractivity contribution in [3.8, 4) is 0 Å². The molecule has 0 heterocycles. The van der Waals surface area contributed by atoms with Crippen LogP contribution in [0.5, 0.6) is 0 Å². The maximum absolute atomic E-state index is 9.00. The van der Waals surface area contributed by atoms with Crippen molar-refractivity contribution in [3.63, 3.8) is 0 Å². The number of rotatable bonds is 0. The molecule has 2 N–H and O–H groups in total. The van der Waals surface area contributed by atoms with Gasteiger partial charge in [0.25, 0.3) is 5.97 Å². The average Bonchev–Trinajstić information content (AvgIpc) is 1.25. The number of alkyl halides is 1. The van der Waals surface area contributed by atoms with Gasteiger partial charge in [-0.25, -0.2) is 0 Å². The lowest BCUT2D eigenvalue weighted by atomic mass is 10.9. The molecular formula is C4H9IO3. The molecule has 0 aromatic heterocycles. The first-order valence-electron chi connectivity index (χ1n) is 1.98. The third kappa shape index (κ3) is 6410. The topological polar surface area (TPSA) is 57.5 Å². The Kier molecular flexibility index (Phi) is 9.87. The summed E-state index contributed by atoms with van der Waals surface area (Å²) >= 11 is 1.90. The minimum absolute atomic E-state index is 0.197. The van der Waals surface area contributed by atoms with Gasteiger partial charge in [0.1, 0.15) is 4.11 Å². The lowest BCUT2D eigenvalue weighted by Gasteiger charge is -1.77. The van der Waals surface area contributed by atoms with E-state index < -0.39 is 5.97 Å². The first-order chi connectivity index (χ1) is 3.46. The van der Waals surface area contributed by atoms with E-state index in [2.05, 4.69) is 0 Å². The number of aliphatic carboxylic acids is 1. The van der Waals surface area contributed by atoms with Gasteiger partial charge < -0.3 is 10.2 Å². The summed E-state index contributed by atoms with van der Waals surface area (Å²) in [5, 5.41) is 15.5. The predicted octanol–water partition coefficient (Wildman–Crippen LogP) is 0.851. The van der Waals surface area contributed by atoms with E-state index in [9.17, 15) is 0 Å². The van der Waals surface area contributed by atoms with Crippen molar-refractivity contribution in [1.29, 1.82) is 0 Å². The SMILES string of the molecule is CC(=O)O.CC(O)I. The van der Waals surface area contributed by atoms with E-state index in [1.54, 1.807) is 6.92 Å². The Morgan fingerprint density at radius 2 is 1.75 bits per heavy atom. The zero-order valence-corrected chi connectivity index (χ0v) is 6.92. The maximum Gasteiger partial charge on any atom is 0.300 e. The molecule has 1 unspecified atom stereocenters. The second kappa shape index (κ2) is 7.16. The standard InChI is InChI=1S/C2H5IO.C2H4O2/c2*1-2(3)4/h2,4H,1H3;1H3,(H,3,4). The van der Waals surface area contributed by atoms with Gasteiger partial charge in [0.05, 0.1) is 0 Å². The fourth-order valence-corrected chi connectivity index (χ4v) is 0. The van der Waals surface area contributed by atoms with Crippen LogP contribution in [0.4, 0.5) is 0 Å². The molecule has 50 valence electrons. The zero-order chi connectivity index (χ0) is 7.15. The second-order valence-corrected chi connectivity index (χ2v) is 2.90. The van der Waals surface area contributed by atoms with Crippen molar-refractivity contribution in [2.45, 2.75) is 18.0 Å². The van der Waals surface area contributed by atoms with E-state index >= 15 is 0 Å². The molecule has 3 nitrogen and oxygen atoms in total. The highest BCUT2D eigenvalue weighted by molar-refractivity contribution is 14.1. The largest absolute Gasteiger partial charge is 0.481 e. The molecule has 0 fully saturated rings. The fraction of sp³-hybridized carbons (Fsp3) is 0.750. The fourth-order valence-electron chi connectivity index (χ4n) is 0. The zero-order valence-electron chi connectivity index (χ0n) is 4.76. The normalized spacial score (nSPS) is 11.0. The summed E-state index contributed by atoms with van der Waals surface area (Å²) in [5.74, 6) is -0.833. The molecule has 0 radical (unpaired) electrons. The van der Waals surface area contributed by atoms with Crippen molar-refractivity contribution >= 4 is 28.6 Å². The van der Waals surface area contributed by atoms with E-state index in [4.69, 9.17) is 15.0 Å². The Bertz CT molecular complexity index is 55.5. The summed E-state index contributed by atoms with van der Waals surface area (Å²) in [6.45, 7) is 2.79. The molecule has 1 atom stereocenters. The Balaban J connectivity index is 0. The Morgan fingerprint density at radius 3 is 1.75 bits per heavy atom. The number of carboxylic acids is 1. The van der Waals surface area contributed by atoms with E-state index in [0.29, 0.717) is 0 Å². The van der Waals surface area contributed by atoms with Gasteiger partial charge in [-0.15, -0.1) is 0 Å². The van der Waals surface area contributed by atoms with Gasteiger partial charge in [-0.1, -0.05) is 22.6 Å². The molecule has 0 aromatic rings. The van der Waals surface area contributed by atoms with E-state index in [-0.39, 0.29) is 4.11 Å². The van der Waals surface area contributed by atoms with Crippen LogP contribution in [0.3, 0.4) is 0 Å². The van der Waals surface area contributed by atoms with Crippen LogP contribution in [0.1, 0.15) is 13.8 Å². The molecule has 0 bridgehead atoms.